The molecular formula is C27H37N5O3S. The second-order valence-corrected chi connectivity index (χ2v) is 10.4. The van der Waals surface area contributed by atoms with E-state index >= 15 is 0 Å². The third-order valence-electron chi connectivity index (χ3n) is 6.23. The number of amides is 3. The van der Waals surface area contributed by atoms with Crippen LogP contribution in [0.2, 0.25) is 0 Å². The molecule has 1 fully saturated rings. The van der Waals surface area contributed by atoms with Crippen LogP contribution in [0, 0.1) is 5.92 Å². The predicted octanol–water partition coefficient (Wildman–Crippen LogP) is 2.37. The van der Waals surface area contributed by atoms with Gasteiger partial charge in [0.05, 0.1) is 11.9 Å². The molecule has 36 heavy (non-hydrogen) atoms. The van der Waals surface area contributed by atoms with Crippen molar-refractivity contribution in [1.29, 1.82) is 0 Å². The molecule has 0 aromatic heterocycles. The molecule has 9 heteroatoms. The molecule has 1 saturated heterocycles. The van der Waals surface area contributed by atoms with E-state index in [-0.39, 0.29) is 23.6 Å². The summed E-state index contributed by atoms with van der Waals surface area (Å²) in [6.45, 7) is 6.59. The second kappa shape index (κ2) is 13.4. The number of hydrazine groups is 1. The van der Waals surface area contributed by atoms with Gasteiger partial charge in [-0.05, 0) is 31.0 Å². The van der Waals surface area contributed by atoms with Crippen LogP contribution in [-0.2, 0) is 27.5 Å². The Morgan fingerprint density at radius 1 is 0.972 bits per heavy atom. The van der Waals surface area contributed by atoms with Crippen LogP contribution in [0.3, 0.4) is 0 Å². The maximum Gasteiger partial charge on any atom is 0.257 e. The van der Waals surface area contributed by atoms with Crippen molar-refractivity contribution in [3.63, 3.8) is 0 Å². The van der Waals surface area contributed by atoms with Crippen LogP contribution >= 0.6 is 11.8 Å². The number of nitrogens with zero attached hydrogens (tertiary/aromatic N) is 2. The summed E-state index contributed by atoms with van der Waals surface area (Å²) >= 11 is 1.54. The first-order valence-electron chi connectivity index (χ1n) is 12.3. The summed E-state index contributed by atoms with van der Waals surface area (Å²) in [6, 6.07) is 18.2. The van der Waals surface area contributed by atoms with Gasteiger partial charge in [-0.1, -0.05) is 74.5 Å². The van der Waals surface area contributed by atoms with Gasteiger partial charge in [-0.25, -0.2) is 5.01 Å². The van der Waals surface area contributed by atoms with E-state index in [0.29, 0.717) is 24.7 Å². The second-order valence-electron chi connectivity index (χ2n) is 9.37. The highest BCUT2D eigenvalue weighted by atomic mass is 32.2. The van der Waals surface area contributed by atoms with Crippen LogP contribution in [-0.4, -0.2) is 64.4 Å². The maximum absolute atomic E-state index is 13.5. The van der Waals surface area contributed by atoms with Gasteiger partial charge in [-0.3, -0.25) is 19.8 Å². The molecular weight excluding hydrogens is 474 g/mol. The average Bonchev–Trinajstić information content (AvgIpc) is 3.37. The smallest absolute Gasteiger partial charge is 0.257 e. The molecule has 8 nitrogen and oxygen atoms in total. The molecule has 0 radical (unpaired) electrons. The Balaban J connectivity index is 1.73. The Labute approximate surface area is 218 Å². The number of hydrogen-bond donors (Lipinski definition) is 3. The summed E-state index contributed by atoms with van der Waals surface area (Å²) < 4.78 is 0. The third-order valence-corrected chi connectivity index (χ3v) is 7.24. The fraction of sp³-hybridized carbons (Fsp3) is 0.444. The molecule has 3 atom stereocenters. The highest BCUT2D eigenvalue weighted by Crippen LogP contribution is 2.24. The quantitative estimate of drug-likeness (QED) is 0.401. The number of nitrogens with one attached hydrogen (secondary N) is 3. The summed E-state index contributed by atoms with van der Waals surface area (Å²) in [4.78, 5) is 41.0. The molecule has 3 rings (SSSR count). The number of carbonyl (C=O) groups excluding carboxylic acids is 3. The van der Waals surface area contributed by atoms with Crippen LogP contribution < -0.4 is 16.1 Å². The lowest BCUT2D eigenvalue weighted by Gasteiger charge is -2.32. The molecule has 194 valence electrons. The first-order chi connectivity index (χ1) is 17.3. The topological polar surface area (TPSA) is 93.8 Å². The zero-order valence-corrected chi connectivity index (χ0v) is 22.3. The zero-order valence-electron chi connectivity index (χ0n) is 21.4. The molecule has 3 unspecified atom stereocenters. The van der Waals surface area contributed by atoms with E-state index < -0.39 is 18.1 Å². The summed E-state index contributed by atoms with van der Waals surface area (Å²) in [6.07, 6.45) is 0. The number of hydrogen-bond acceptors (Lipinski definition) is 6. The Hall–Kier alpha value is -2.88. The third kappa shape index (κ3) is 7.56. The Kier molecular flexibility index (Phi) is 10.3. The van der Waals surface area contributed by atoms with Crippen LogP contribution in [0.4, 0.5) is 0 Å². The molecule has 0 bridgehead atoms. The standard InChI is InChI=1S/C27H37N5O3S/c1-19(2)24(29-25(33)20(3)28-4)27(35)32-18-36-17-23(32)26(34)30-31(15-21-11-7-5-8-12-21)16-22-13-9-6-10-14-22/h5-14,19-20,23-24,28H,15-18H2,1-4H3,(H,29,33)(H,30,34). The van der Waals surface area contributed by atoms with Gasteiger partial charge in [-0.2, -0.15) is 0 Å². The molecule has 3 N–H and O–H groups in total. The van der Waals surface area contributed by atoms with Gasteiger partial charge < -0.3 is 15.5 Å². The average molecular weight is 512 g/mol. The molecule has 2 aromatic rings. The lowest BCUT2D eigenvalue weighted by atomic mass is 10.0. The number of benzene rings is 2. The molecule has 1 heterocycles. The lowest BCUT2D eigenvalue weighted by Crippen LogP contribution is -2.58. The fourth-order valence-corrected chi connectivity index (χ4v) is 5.12. The minimum absolute atomic E-state index is 0.118. The minimum atomic E-state index is -0.702. The summed E-state index contributed by atoms with van der Waals surface area (Å²) in [5.74, 6) is 0.104. The lowest BCUT2D eigenvalue weighted by molar-refractivity contribution is -0.143. The normalized spacial score (nSPS) is 17.2. The molecule has 0 spiro atoms. The van der Waals surface area contributed by atoms with Gasteiger partial charge in [0.1, 0.15) is 12.1 Å². The molecule has 3 amide bonds. The molecule has 0 saturated carbocycles. The minimum Gasteiger partial charge on any atom is -0.343 e. The van der Waals surface area contributed by atoms with E-state index in [2.05, 4.69) is 16.1 Å². The Morgan fingerprint density at radius 2 is 1.53 bits per heavy atom. The predicted molar refractivity (Wildman–Crippen MR) is 144 cm³/mol. The van der Waals surface area contributed by atoms with Crippen molar-refractivity contribution in [1.82, 2.24) is 26.0 Å². The molecule has 1 aliphatic heterocycles. The van der Waals surface area contributed by atoms with Crippen molar-refractivity contribution >= 4 is 29.5 Å². The molecule has 0 aliphatic carbocycles. The Morgan fingerprint density at radius 3 is 2.03 bits per heavy atom. The van der Waals surface area contributed by atoms with Crippen LogP contribution in [0.15, 0.2) is 60.7 Å². The summed E-state index contributed by atoms with van der Waals surface area (Å²) in [5.41, 5.74) is 5.21. The number of carbonyl (C=O) groups is 3. The summed E-state index contributed by atoms with van der Waals surface area (Å²) in [5, 5.41) is 7.64. The molecule has 1 aliphatic rings. The number of likely N-dealkylation sites (N-methyl/N-ethyl adjacent to an activating group) is 1. The van der Waals surface area contributed by atoms with Gasteiger partial charge >= 0.3 is 0 Å². The van der Waals surface area contributed by atoms with Crippen molar-refractivity contribution < 1.29 is 14.4 Å². The monoisotopic (exact) mass is 511 g/mol. The van der Waals surface area contributed by atoms with Gasteiger partial charge in [0.25, 0.3) is 5.91 Å². The van der Waals surface area contributed by atoms with Crippen molar-refractivity contribution in [2.24, 2.45) is 5.92 Å². The Bertz CT molecular complexity index is 963. The number of thioether (sulfide) groups is 1. The van der Waals surface area contributed by atoms with E-state index in [0.717, 1.165) is 11.1 Å². The highest BCUT2D eigenvalue weighted by molar-refractivity contribution is 7.99. The van der Waals surface area contributed by atoms with Gasteiger partial charge in [0.15, 0.2) is 0 Å². The molecule has 2 aromatic carbocycles. The van der Waals surface area contributed by atoms with E-state index in [4.69, 9.17) is 0 Å². The highest BCUT2D eigenvalue weighted by Gasteiger charge is 2.39. The van der Waals surface area contributed by atoms with Crippen molar-refractivity contribution in [3.05, 3.63) is 71.8 Å². The van der Waals surface area contributed by atoms with Crippen LogP contribution in [0.25, 0.3) is 0 Å². The fourth-order valence-electron chi connectivity index (χ4n) is 3.95. The van der Waals surface area contributed by atoms with Crippen molar-refractivity contribution in [3.8, 4) is 0 Å². The van der Waals surface area contributed by atoms with E-state index in [9.17, 15) is 14.4 Å². The van der Waals surface area contributed by atoms with Gasteiger partial charge in [0.2, 0.25) is 11.8 Å². The first-order valence-corrected chi connectivity index (χ1v) is 13.4. The van der Waals surface area contributed by atoms with E-state index in [1.54, 1.807) is 30.6 Å². The number of rotatable bonds is 11. The first kappa shape index (κ1) is 27.7. The zero-order chi connectivity index (χ0) is 26.1. The van der Waals surface area contributed by atoms with Crippen molar-refractivity contribution in [2.75, 3.05) is 18.7 Å². The largest absolute Gasteiger partial charge is 0.343 e. The van der Waals surface area contributed by atoms with Crippen LogP contribution in [0.5, 0.6) is 0 Å². The summed E-state index contributed by atoms with van der Waals surface area (Å²) in [7, 11) is 1.70. The van der Waals surface area contributed by atoms with Gasteiger partial charge in [0, 0.05) is 18.8 Å². The van der Waals surface area contributed by atoms with E-state index in [1.807, 2.05) is 79.5 Å². The maximum atomic E-state index is 13.5. The van der Waals surface area contributed by atoms with Crippen molar-refractivity contribution in [2.45, 2.75) is 52.0 Å². The van der Waals surface area contributed by atoms with E-state index in [1.165, 1.54) is 0 Å². The SMILES string of the molecule is CNC(C)C(=O)NC(C(=O)N1CSCC1C(=O)NN(Cc1ccccc1)Cc1ccccc1)C(C)C. The van der Waals surface area contributed by atoms with Gasteiger partial charge in [-0.15, -0.1) is 11.8 Å². The van der Waals surface area contributed by atoms with Crippen LogP contribution in [0.1, 0.15) is 31.9 Å².